The molecule has 140 valence electrons. The van der Waals surface area contributed by atoms with Crippen LogP contribution in [0.4, 0.5) is 11.5 Å². The average molecular weight is 397 g/mol. The molecular formula is C17H21ClN4O3S. The zero-order valence-corrected chi connectivity index (χ0v) is 16.3. The van der Waals surface area contributed by atoms with E-state index in [-0.39, 0.29) is 5.91 Å². The van der Waals surface area contributed by atoms with E-state index >= 15 is 0 Å². The Morgan fingerprint density at radius 2 is 2.19 bits per heavy atom. The Morgan fingerprint density at radius 1 is 1.42 bits per heavy atom. The number of carbonyl (C=O) groups is 1. The summed E-state index contributed by atoms with van der Waals surface area (Å²) in [5, 5.41) is 3.49. The van der Waals surface area contributed by atoms with E-state index in [2.05, 4.69) is 19.0 Å². The summed E-state index contributed by atoms with van der Waals surface area (Å²) in [5.74, 6) is 0.823. The van der Waals surface area contributed by atoms with Gasteiger partial charge in [-0.3, -0.25) is 4.79 Å². The number of hydrogen-bond acceptors (Lipinski definition) is 7. The highest BCUT2D eigenvalue weighted by atomic mass is 35.5. The van der Waals surface area contributed by atoms with E-state index in [1.54, 1.807) is 12.1 Å². The second-order valence-corrected chi connectivity index (χ2v) is 6.84. The van der Waals surface area contributed by atoms with Crippen molar-refractivity contribution in [3.63, 3.8) is 0 Å². The Morgan fingerprint density at radius 3 is 2.92 bits per heavy atom. The van der Waals surface area contributed by atoms with Crippen molar-refractivity contribution in [1.29, 1.82) is 0 Å². The monoisotopic (exact) mass is 396 g/mol. The van der Waals surface area contributed by atoms with E-state index in [0.717, 1.165) is 30.4 Å². The predicted molar refractivity (Wildman–Crippen MR) is 102 cm³/mol. The highest BCUT2D eigenvalue weighted by Crippen LogP contribution is 2.28. The number of nitrogens with zero attached hydrogens (tertiary/aromatic N) is 3. The summed E-state index contributed by atoms with van der Waals surface area (Å²) in [7, 11) is 0. The maximum Gasteiger partial charge on any atom is 0.271 e. The lowest BCUT2D eigenvalue weighted by atomic mass is 10.2. The molecule has 1 N–H and O–H groups in total. The third-order valence-electron chi connectivity index (χ3n) is 4.20. The number of aromatic nitrogens is 2. The first kappa shape index (κ1) is 18.9. The smallest absolute Gasteiger partial charge is 0.271 e. The molecule has 1 aliphatic heterocycles. The second-order valence-electron chi connectivity index (χ2n) is 5.91. The van der Waals surface area contributed by atoms with Gasteiger partial charge in [-0.05, 0) is 31.0 Å². The van der Waals surface area contributed by atoms with E-state index < -0.39 is 6.10 Å². The van der Waals surface area contributed by atoms with Gasteiger partial charge in [0.25, 0.3) is 11.8 Å². The molecule has 0 bridgehead atoms. The number of benzene rings is 1. The third kappa shape index (κ3) is 4.25. The van der Waals surface area contributed by atoms with Crippen LogP contribution in [-0.4, -0.2) is 47.1 Å². The van der Waals surface area contributed by atoms with Crippen LogP contribution in [-0.2, 0) is 9.53 Å². The maximum atomic E-state index is 12.7. The Kier molecular flexibility index (Phi) is 6.29. The van der Waals surface area contributed by atoms with Crippen LogP contribution in [0.1, 0.15) is 18.9 Å². The van der Waals surface area contributed by atoms with Gasteiger partial charge in [-0.1, -0.05) is 24.6 Å². The van der Waals surface area contributed by atoms with Crippen molar-refractivity contribution in [3.05, 3.63) is 28.8 Å². The fraction of sp³-hybridized carbons (Fsp3) is 0.471. The van der Waals surface area contributed by atoms with Gasteiger partial charge in [0, 0.05) is 23.8 Å². The molecule has 0 spiro atoms. The SMILES string of the molecule is CCC(Oc1nsnc1N1CCOCC1)C(=O)Nc1cccc(Cl)c1C. The van der Waals surface area contributed by atoms with Gasteiger partial charge in [0.05, 0.1) is 24.9 Å². The first-order valence-corrected chi connectivity index (χ1v) is 9.59. The molecule has 0 radical (unpaired) electrons. The minimum Gasteiger partial charge on any atom is -0.461 e. The van der Waals surface area contributed by atoms with Gasteiger partial charge in [0.15, 0.2) is 6.10 Å². The fourth-order valence-electron chi connectivity index (χ4n) is 2.63. The van der Waals surface area contributed by atoms with Crippen molar-refractivity contribution in [1.82, 2.24) is 8.75 Å². The summed E-state index contributed by atoms with van der Waals surface area (Å²) in [4.78, 5) is 14.7. The molecule has 0 aliphatic carbocycles. The summed E-state index contributed by atoms with van der Waals surface area (Å²) in [6, 6.07) is 5.40. The van der Waals surface area contributed by atoms with Crippen LogP contribution < -0.4 is 15.0 Å². The third-order valence-corrected chi connectivity index (χ3v) is 5.11. The van der Waals surface area contributed by atoms with Crippen molar-refractivity contribution in [2.24, 2.45) is 0 Å². The highest BCUT2D eigenvalue weighted by molar-refractivity contribution is 6.99. The Bertz CT molecular complexity index is 764. The number of ether oxygens (including phenoxy) is 2. The van der Waals surface area contributed by atoms with E-state index in [0.29, 0.717) is 42.0 Å². The van der Waals surface area contributed by atoms with Crippen molar-refractivity contribution in [2.75, 3.05) is 36.5 Å². The number of nitrogens with one attached hydrogen (secondary N) is 1. The molecule has 0 saturated carbocycles. The van der Waals surface area contributed by atoms with Gasteiger partial charge in [-0.2, -0.15) is 4.37 Å². The van der Waals surface area contributed by atoms with Gasteiger partial charge < -0.3 is 19.7 Å². The molecule has 1 aliphatic rings. The molecule has 1 aromatic carbocycles. The minimum absolute atomic E-state index is 0.237. The van der Waals surface area contributed by atoms with Gasteiger partial charge in [-0.15, -0.1) is 4.37 Å². The van der Waals surface area contributed by atoms with E-state index in [4.69, 9.17) is 21.1 Å². The summed E-state index contributed by atoms with van der Waals surface area (Å²) < 4.78 is 19.8. The molecule has 7 nitrogen and oxygen atoms in total. The summed E-state index contributed by atoms with van der Waals surface area (Å²) in [6.07, 6.45) is -0.164. The van der Waals surface area contributed by atoms with Crippen molar-refractivity contribution >= 4 is 40.7 Å². The van der Waals surface area contributed by atoms with Crippen LogP contribution in [0.5, 0.6) is 5.88 Å². The lowest BCUT2D eigenvalue weighted by molar-refractivity contribution is -0.122. The summed E-state index contributed by atoms with van der Waals surface area (Å²) >= 11 is 7.19. The lowest BCUT2D eigenvalue weighted by Gasteiger charge is -2.27. The first-order chi connectivity index (χ1) is 12.6. The number of halogens is 1. The molecule has 1 atom stereocenters. The van der Waals surface area contributed by atoms with Crippen LogP contribution >= 0.6 is 23.3 Å². The Hall–Kier alpha value is -1.90. The average Bonchev–Trinajstić information content (AvgIpc) is 3.12. The lowest BCUT2D eigenvalue weighted by Crippen LogP contribution is -2.37. The normalized spacial score (nSPS) is 15.6. The molecule has 2 heterocycles. The number of rotatable bonds is 6. The van der Waals surface area contributed by atoms with Crippen LogP contribution in [0.2, 0.25) is 5.02 Å². The largest absolute Gasteiger partial charge is 0.461 e. The van der Waals surface area contributed by atoms with Gasteiger partial charge >= 0.3 is 0 Å². The van der Waals surface area contributed by atoms with Crippen molar-refractivity contribution in [2.45, 2.75) is 26.4 Å². The van der Waals surface area contributed by atoms with E-state index in [9.17, 15) is 4.79 Å². The summed E-state index contributed by atoms with van der Waals surface area (Å²) in [6.45, 7) is 6.49. The standard InChI is InChI=1S/C17H21ClN4O3S/c1-3-14(16(23)19-13-6-4-5-12(18)11(13)2)25-17-15(20-26-21-17)22-7-9-24-10-8-22/h4-6,14H,3,7-10H2,1-2H3,(H,19,23). The zero-order chi connectivity index (χ0) is 18.5. The quantitative estimate of drug-likeness (QED) is 0.808. The number of carbonyl (C=O) groups excluding carboxylic acids is 1. The first-order valence-electron chi connectivity index (χ1n) is 8.48. The maximum absolute atomic E-state index is 12.7. The van der Waals surface area contributed by atoms with Crippen LogP contribution in [0, 0.1) is 6.92 Å². The molecule has 3 rings (SSSR count). The Balaban J connectivity index is 1.70. The Labute approximate surface area is 161 Å². The van der Waals surface area contributed by atoms with Gasteiger partial charge in [-0.25, -0.2) is 0 Å². The fourth-order valence-corrected chi connectivity index (χ4v) is 3.32. The molecule has 26 heavy (non-hydrogen) atoms. The molecular weight excluding hydrogens is 376 g/mol. The predicted octanol–water partition coefficient (Wildman–Crippen LogP) is 3.13. The van der Waals surface area contributed by atoms with Gasteiger partial charge in [0.2, 0.25) is 5.82 Å². The van der Waals surface area contributed by atoms with Crippen molar-refractivity contribution in [3.8, 4) is 5.88 Å². The molecule has 1 unspecified atom stereocenters. The summed E-state index contributed by atoms with van der Waals surface area (Å²) in [5.41, 5.74) is 1.50. The number of amides is 1. The highest BCUT2D eigenvalue weighted by Gasteiger charge is 2.25. The van der Waals surface area contributed by atoms with Crippen molar-refractivity contribution < 1.29 is 14.3 Å². The second kappa shape index (κ2) is 8.66. The van der Waals surface area contributed by atoms with E-state index in [1.807, 2.05) is 19.9 Å². The molecule has 9 heteroatoms. The molecule has 2 aromatic rings. The zero-order valence-electron chi connectivity index (χ0n) is 14.7. The molecule has 1 fully saturated rings. The molecule has 1 aromatic heterocycles. The topological polar surface area (TPSA) is 76.6 Å². The van der Waals surface area contributed by atoms with Crippen LogP contribution in [0.3, 0.4) is 0 Å². The van der Waals surface area contributed by atoms with Crippen LogP contribution in [0.25, 0.3) is 0 Å². The van der Waals surface area contributed by atoms with Crippen LogP contribution in [0.15, 0.2) is 18.2 Å². The molecule has 1 amide bonds. The van der Waals surface area contributed by atoms with Gasteiger partial charge in [0.1, 0.15) is 0 Å². The number of anilines is 2. The minimum atomic E-state index is -0.669. The van der Waals surface area contributed by atoms with E-state index in [1.165, 1.54) is 0 Å². The number of morpholine rings is 1. The number of hydrogen-bond donors (Lipinski definition) is 1. The molecule has 1 saturated heterocycles.